The SMILES string of the molecule is O=C(Nc1ccc(Cl)cc1Cl)c1cnc(Nc2cccc(F)c2)nc1. The number of halogens is 3. The van der Waals surface area contributed by atoms with Crippen molar-refractivity contribution in [3.63, 3.8) is 0 Å². The molecule has 1 aromatic heterocycles. The molecule has 3 aromatic rings. The fourth-order valence-corrected chi connectivity index (χ4v) is 2.45. The second-order valence-electron chi connectivity index (χ2n) is 5.01. The number of carbonyl (C=O) groups is 1. The number of anilines is 3. The largest absolute Gasteiger partial charge is 0.324 e. The summed E-state index contributed by atoms with van der Waals surface area (Å²) in [7, 11) is 0. The Bertz CT molecular complexity index is 919. The van der Waals surface area contributed by atoms with Gasteiger partial charge in [0.25, 0.3) is 5.91 Å². The first-order chi connectivity index (χ1) is 12.0. The van der Waals surface area contributed by atoms with Gasteiger partial charge in [-0.25, -0.2) is 14.4 Å². The monoisotopic (exact) mass is 376 g/mol. The Morgan fingerprint density at radius 3 is 2.48 bits per heavy atom. The lowest BCUT2D eigenvalue weighted by molar-refractivity contribution is 0.102. The summed E-state index contributed by atoms with van der Waals surface area (Å²) in [6.07, 6.45) is 2.71. The molecule has 1 amide bonds. The van der Waals surface area contributed by atoms with Gasteiger partial charge in [-0.15, -0.1) is 0 Å². The van der Waals surface area contributed by atoms with Gasteiger partial charge in [0.2, 0.25) is 5.95 Å². The number of carbonyl (C=O) groups excluding carboxylic acids is 1. The lowest BCUT2D eigenvalue weighted by atomic mass is 10.2. The second-order valence-corrected chi connectivity index (χ2v) is 5.85. The molecule has 0 aliphatic rings. The molecule has 0 fully saturated rings. The molecule has 0 saturated carbocycles. The van der Waals surface area contributed by atoms with Gasteiger partial charge in [0, 0.05) is 23.1 Å². The highest BCUT2D eigenvalue weighted by Gasteiger charge is 2.10. The Balaban J connectivity index is 1.70. The summed E-state index contributed by atoms with van der Waals surface area (Å²) in [5, 5.41) is 6.29. The van der Waals surface area contributed by atoms with E-state index in [0.29, 0.717) is 21.4 Å². The van der Waals surface area contributed by atoms with Crippen molar-refractivity contribution in [3.05, 3.63) is 76.3 Å². The summed E-state index contributed by atoms with van der Waals surface area (Å²) in [6.45, 7) is 0. The van der Waals surface area contributed by atoms with E-state index in [1.54, 1.807) is 24.3 Å². The van der Waals surface area contributed by atoms with Gasteiger partial charge in [-0.3, -0.25) is 4.79 Å². The summed E-state index contributed by atoms with van der Waals surface area (Å²) in [4.78, 5) is 20.3. The van der Waals surface area contributed by atoms with Crippen LogP contribution >= 0.6 is 23.2 Å². The molecular formula is C17H11Cl2FN4O. The number of amides is 1. The molecule has 5 nitrogen and oxygen atoms in total. The van der Waals surface area contributed by atoms with Crippen LogP contribution in [0.15, 0.2) is 54.9 Å². The third-order valence-electron chi connectivity index (χ3n) is 3.17. The smallest absolute Gasteiger partial charge is 0.258 e. The molecule has 25 heavy (non-hydrogen) atoms. The average molecular weight is 377 g/mol. The predicted molar refractivity (Wildman–Crippen MR) is 96.1 cm³/mol. The van der Waals surface area contributed by atoms with Crippen LogP contribution in [0.4, 0.5) is 21.7 Å². The third kappa shape index (κ3) is 4.43. The normalized spacial score (nSPS) is 10.4. The van der Waals surface area contributed by atoms with Crippen molar-refractivity contribution >= 4 is 46.4 Å². The highest BCUT2D eigenvalue weighted by Crippen LogP contribution is 2.25. The van der Waals surface area contributed by atoms with Crippen LogP contribution in [0.2, 0.25) is 10.0 Å². The molecule has 126 valence electrons. The van der Waals surface area contributed by atoms with Crippen molar-refractivity contribution < 1.29 is 9.18 Å². The van der Waals surface area contributed by atoms with E-state index >= 15 is 0 Å². The summed E-state index contributed by atoms with van der Waals surface area (Å²) in [5.41, 5.74) is 1.18. The molecule has 1 heterocycles. The van der Waals surface area contributed by atoms with Gasteiger partial charge in [0.15, 0.2) is 0 Å². The Morgan fingerprint density at radius 1 is 1.04 bits per heavy atom. The van der Waals surface area contributed by atoms with E-state index in [1.807, 2.05) is 0 Å². The molecule has 0 saturated heterocycles. The van der Waals surface area contributed by atoms with E-state index in [4.69, 9.17) is 23.2 Å². The quantitative estimate of drug-likeness (QED) is 0.678. The van der Waals surface area contributed by atoms with Crippen LogP contribution in [-0.2, 0) is 0 Å². The highest BCUT2D eigenvalue weighted by atomic mass is 35.5. The van der Waals surface area contributed by atoms with Crippen LogP contribution in [0.5, 0.6) is 0 Å². The van der Waals surface area contributed by atoms with Gasteiger partial charge in [-0.2, -0.15) is 0 Å². The molecule has 3 rings (SSSR count). The van der Waals surface area contributed by atoms with E-state index in [-0.39, 0.29) is 17.3 Å². The van der Waals surface area contributed by atoms with E-state index in [1.165, 1.54) is 30.6 Å². The Kier molecular flexibility index (Phi) is 5.11. The minimum absolute atomic E-state index is 0.242. The molecule has 0 spiro atoms. The molecule has 0 aliphatic heterocycles. The van der Waals surface area contributed by atoms with Gasteiger partial charge >= 0.3 is 0 Å². The molecule has 2 N–H and O–H groups in total. The number of aromatic nitrogens is 2. The lowest BCUT2D eigenvalue weighted by Crippen LogP contribution is -2.13. The zero-order valence-electron chi connectivity index (χ0n) is 12.6. The Labute approximate surface area is 152 Å². The highest BCUT2D eigenvalue weighted by molar-refractivity contribution is 6.36. The first-order valence-electron chi connectivity index (χ1n) is 7.12. The van der Waals surface area contributed by atoms with E-state index in [0.717, 1.165) is 0 Å². The average Bonchev–Trinajstić information content (AvgIpc) is 2.58. The second kappa shape index (κ2) is 7.46. The van der Waals surface area contributed by atoms with Crippen LogP contribution in [0.1, 0.15) is 10.4 Å². The molecule has 0 radical (unpaired) electrons. The number of nitrogens with one attached hydrogen (secondary N) is 2. The number of hydrogen-bond donors (Lipinski definition) is 2. The van der Waals surface area contributed by atoms with Crippen molar-refractivity contribution in [2.24, 2.45) is 0 Å². The summed E-state index contributed by atoms with van der Waals surface area (Å²) in [6, 6.07) is 10.6. The van der Waals surface area contributed by atoms with Gasteiger partial charge in [-0.05, 0) is 36.4 Å². The summed E-state index contributed by atoms with van der Waals surface area (Å²) >= 11 is 11.8. The van der Waals surface area contributed by atoms with Crippen molar-refractivity contribution in [1.29, 1.82) is 0 Å². The van der Waals surface area contributed by atoms with Crippen LogP contribution in [0, 0.1) is 5.82 Å². The minimum atomic E-state index is -0.415. The zero-order chi connectivity index (χ0) is 17.8. The first kappa shape index (κ1) is 17.1. The van der Waals surface area contributed by atoms with E-state index < -0.39 is 5.91 Å². The zero-order valence-corrected chi connectivity index (χ0v) is 14.1. The third-order valence-corrected chi connectivity index (χ3v) is 3.72. The van der Waals surface area contributed by atoms with Gasteiger partial charge in [0.05, 0.1) is 16.3 Å². The van der Waals surface area contributed by atoms with E-state index in [2.05, 4.69) is 20.6 Å². The van der Waals surface area contributed by atoms with Gasteiger partial charge < -0.3 is 10.6 Å². The number of rotatable bonds is 4. The summed E-state index contributed by atoms with van der Waals surface area (Å²) in [5.74, 6) is -0.547. The van der Waals surface area contributed by atoms with Crippen molar-refractivity contribution in [2.45, 2.75) is 0 Å². The fraction of sp³-hybridized carbons (Fsp3) is 0. The van der Waals surface area contributed by atoms with Crippen molar-refractivity contribution in [1.82, 2.24) is 9.97 Å². The van der Waals surface area contributed by atoms with Crippen molar-refractivity contribution in [3.8, 4) is 0 Å². The van der Waals surface area contributed by atoms with Gasteiger partial charge in [-0.1, -0.05) is 29.3 Å². The maximum Gasteiger partial charge on any atom is 0.258 e. The molecule has 0 atom stereocenters. The topological polar surface area (TPSA) is 66.9 Å². The predicted octanol–water partition coefficient (Wildman–Crippen LogP) is 4.92. The fourth-order valence-electron chi connectivity index (χ4n) is 1.99. The van der Waals surface area contributed by atoms with Crippen LogP contribution in [0.3, 0.4) is 0 Å². The first-order valence-corrected chi connectivity index (χ1v) is 7.88. The Morgan fingerprint density at radius 2 is 1.80 bits per heavy atom. The minimum Gasteiger partial charge on any atom is -0.324 e. The molecular weight excluding hydrogens is 366 g/mol. The van der Waals surface area contributed by atoms with Gasteiger partial charge in [0.1, 0.15) is 5.82 Å². The molecule has 0 unspecified atom stereocenters. The van der Waals surface area contributed by atoms with Crippen LogP contribution in [0.25, 0.3) is 0 Å². The molecule has 0 aliphatic carbocycles. The standard InChI is InChI=1S/C17H11Cl2FN4O/c18-11-4-5-15(14(19)6-11)24-16(25)10-8-21-17(22-9-10)23-13-3-1-2-12(20)7-13/h1-9H,(H,24,25)(H,21,22,23). The van der Waals surface area contributed by atoms with E-state index in [9.17, 15) is 9.18 Å². The molecule has 0 bridgehead atoms. The maximum atomic E-state index is 13.2. The number of benzene rings is 2. The molecule has 2 aromatic carbocycles. The van der Waals surface area contributed by atoms with Crippen LogP contribution in [-0.4, -0.2) is 15.9 Å². The number of nitrogens with zero attached hydrogens (tertiary/aromatic N) is 2. The lowest BCUT2D eigenvalue weighted by Gasteiger charge is -2.08. The molecule has 8 heteroatoms. The Hall–Kier alpha value is -2.70. The summed E-state index contributed by atoms with van der Waals surface area (Å²) < 4.78 is 13.2. The maximum absolute atomic E-state index is 13.2. The van der Waals surface area contributed by atoms with Crippen molar-refractivity contribution in [2.75, 3.05) is 10.6 Å². The van der Waals surface area contributed by atoms with Crippen LogP contribution < -0.4 is 10.6 Å². The number of hydrogen-bond acceptors (Lipinski definition) is 4.